The summed E-state index contributed by atoms with van der Waals surface area (Å²) in [6.07, 6.45) is 12.2. The van der Waals surface area contributed by atoms with Gasteiger partial charge in [-0.05, 0) is 43.4 Å². The minimum atomic E-state index is -0.0590. The quantitative estimate of drug-likeness (QED) is 0.572. The van der Waals surface area contributed by atoms with Crippen LogP contribution in [0, 0.1) is 5.92 Å². The molecule has 0 spiro atoms. The number of allylic oxidation sites excluding steroid dienone is 1. The SMILES string of the molecule is CCCCOc1cccc(NC(=O)C=CC2CCCCC2)c1. The minimum Gasteiger partial charge on any atom is -0.494 e. The molecule has 2 rings (SSSR count). The van der Waals surface area contributed by atoms with Gasteiger partial charge in [0.1, 0.15) is 5.75 Å². The molecule has 3 nitrogen and oxygen atoms in total. The number of hydrogen-bond donors (Lipinski definition) is 1. The average molecular weight is 301 g/mol. The first-order chi connectivity index (χ1) is 10.8. The Morgan fingerprint density at radius 2 is 2.14 bits per heavy atom. The Labute approximate surface area is 133 Å². The van der Waals surface area contributed by atoms with Crippen molar-refractivity contribution in [2.45, 2.75) is 51.9 Å². The van der Waals surface area contributed by atoms with E-state index in [0.717, 1.165) is 30.9 Å². The molecule has 1 aliphatic carbocycles. The molecule has 0 saturated heterocycles. The summed E-state index contributed by atoms with van der Waals surface area (Å²) in [4.78, 5) is 12.0. The molecule has 0 aromatic heterocycles. The third kappa shape index (κ3) is 5.92. The average Bonchev–Trinajstić information content (AvgIpc) is 2.55. The fraction of sp³-hybridized carbons (Fsp3) is 0.526. The van der Waals surface area contributed by atoms with Crippen LogP contribution in [0.3, 0.4) is 0 Å². The monoisotopic (exact) mass is 301 g/mol. The topological polar surface area (TPSA) is 38.3 Å². The van der Waals surface area contributed by atoms with Gasteiger partial charge in [-0.15, -0.1) is 0 Å². The van der Waals surface area contributed by atoms with Crippen molar-refractivity contribution < 1.29 is 9.53 Å². The number of nitrogens with one attached hydrogen (secondary N) is 1. The van der Waals surface area contributed by atoms with Crippen molar-refractivity contribution in [2.24, 2.45) is 5.92 Å². The van der Waals surface area contributed by atoms with Gasteiger partial charge in [0.2, 0.25) is 5.91 Å². The molecule has 1 amide bonds. The fourth-order valence-electron chi connectivity index (χ4n) is 2.73. The van der Waals surface area contributed by atoms with E-state index in [1.807, 2.05) is 24.3 Å². The summed E-state index contributed by atoms with van der Waals surface area (Å²) in [5.41, 5.74) is 0.785. The number of anilines is 1. The molecule has 1 fully saturated rings. The van der Waals surface area contributed by atoms with E-state index < -0.39 is 0 Å². The highest BCUT2D eigenvalue weighted by molar-refractivity contribution is 5.99. The first kappa shape index (κ1) is 16.6. The highest BCUT2D eigenvalue weighted by Gasteiger charge is 2.10. The van der Waals surface area contributed by atoms with Gasteiger partial charge in [-0.1, -0.05) is 44.7 Å². The lowest BCUT2D eigenvalue weighted by molar-refractivity contribution is -0.111. The van der Waals surface area contributed by atoms with E-state index >= 15 is 0 Å². The Bertz CT molecular complexity index is 490. The lowest BCUT2D eigenvalue weighted by Crippen LogP contribution is -2.10. The van der Waals surface area contributed by atoms with Crippen LogP contribution >= 0.6 is 0 Å². The molecule has 1 saturated carbocycles. The molecule has 1 aromatic rings. The van der Waals surface area contributed by atoms with E-state index in [1.54, 1.807) is 6.08 Å². The van der Waals surface area contributed by atoms with Crippen molar-refractivity contribution in [3.8, 4) is 5.75 Å². The third-order valence-electron chi connectivity index (χ3n) is 4.04. The standard InChI is InChI=1S/C19H27NO2/c1-2-3-14-22-18-11-7-10-17(15-18)20-19(21)13-12-16-8-5-4-6-9-16/h7,10-13,15-16H,2-6,8-9,14H2,1H3,(H,20,21). The summed E-state index contributed by atoms with van der Waals surface area (Å²) in [6.45, 7) is 2.86. The molecule has 22 heavy (non-hydrogen) atoms. The number of amides is 1. The van der Waals surface area contributed by atoms with Gasteiger partial charge >= 0.3 is 0 Å². The Morgan fingerprint density at radius 3 is 2.91 bits per heavy atom. The molecule has 120 valence electrons. The highest BCUT2D eigenvalue weighted by atomic mass is 16.5. The van der Waals surface area contributed by atoms with Crippen LogP contribution in [0.5, 0.6) is 5.75 Å². The molecule has 1 aliphatic rings. The summed E-state index contributed by atoms with van der Waals surface area (Å²) in [5, 5.41) is 2.91. The number of carbonyl (C=O) groups excluding carboxylic acids is 1. The van der Waals surface area contributed by atoms with Crippen LogP contribution in [0.4, 0.5) is 5.69 Å². The van der Waals surface area contributed by atoms with Gasteiger partial charge in [0.25, 0.3) is 0 Å². The predicted octanol–water partition coefficient (Wildman–Crippen LogP) is 4.94. The van der Waals surface area contributed by atoms with E-state index in [4.69, 9.17) is 4.74 Å². The summed E-state index contributed by atoms with van der Waals surface area (Å²) in [7, 11) is 0. The number of ether oxygens (including phenoxy) is 1. The Balaban J connectivity index is 1.82. The normalized spacial score (nSPS) is 15.9. The fourth-order valence-corrected chi connectivity index (χ4v) is 2.73. The van der Waals surface area contributed by atoms with Crippen molar-refractivity contribution in [1.29, 1.82) is 0 Å². The molecule has 3 heteroatoms. The van der Waals surface area contributed by atoms with Gasteiger partial charge in [-0.3, -0.25) is 4.79 Å². The van der Waals surface area contributed by atoms with Crippen LogP contribution in [0.2, 0.25) is 0 Å². The molecule has 0 radical (unpaired) electrons. The maximum Gasteiger partial charge on any atom is 0.248 e. The zero-order valence-corrected chi connectivity index (χ0v) is 13.5. The van der Waals surface area contributed by atoms with Crippen LogP contribution in [0.1, 0.15) is 51.9 Å². The zero-order chi connectivity index (χ0) is 15.6. The van der Waals surface area contributed by atoms with E-state index in [2.05, 4.69) is 18.3 Å². The molecule has 0 bridgehead atoms. The number of rotatable bonds is 7. The van der Waals surface area contributed by atoms with Crippen molar-refractivity contribution in [3.05, 3.63) is 36.4 Å². The summed E-state index contributed by atoms with van der Waals surface area (Å²) < 4.78 is 5.65. The second-order valence-corrected chi connectivity index (χ2v) is 5.98. The molecule has 0 unspecified atom stereocenters. The Kier molecular flexibility index (Phi) is 7.01. The van der Waals surface area contributed by atoms with Crippen molar-refractivity contribution in [2.75, 3.05) is 11.9 Å². The van der Waals surface area contributed by atoms with Crippen molar-refractivity contribution in [3.63, 3.8) is 0 Å². The second-order valence-electron chi connectivity index (χ2n) is 5.98. The van der Waals surface area contributed by atoms with Gasteiger partial charge in [-0.25, -0.2) is 0 Å². The Morgan fingerprint density at radius 1 is 1.32 bits per heavy atom. The number of unbranched alkanes of at least 4 members (excludes halogenated alkanes) is 1. The zero-order valence-electron chi connectivity index (χ0n) is 13.5. The maximum atomic E-state index is 12.0. The first-order valence-corrected chi connectivity index (χ1v) is 8.50. The van der Waals surface area contributed by atoms with Gasteiger partial charge in [0.15, 0.2) is 0 Å². The van der Waals surface area contributed by atoms with Gasteiger partial charge in [0.05, 0.1) is 6.61 Å². The van der Waals surface area contributed by atoms with Crippen LogP contribution in [0.15, 0.2) is 36.4 Å². The second kappa shape index (κ2) is 9.29. The lowest BCUT2D eigenvalue weighted by atomic mass is 9.89. The lowest BCUT2D eigenvalue weighted by Gasteiger charge is -2.17. The van der Waals surface area contributed by atoms with E-state index in [1.165, 1.54) is 32.1 Å². The number of carbonyl (C=O) groups is 1. The molecule has 0 heterocycles. The smallest absolute Gasteiger partial charge is 0.248 e. The van der Waals surface area contributed by atoms with E-state index in [-0.39, 0.29) is 5.91 Å². The van der Waals surface area contributed by atoms with Gasteiger partial charge in [0, 0.05) is 11.8 Å². The van der Waals surface area contributed by atoms with E-state index in [0.29, 0.717) is 5.92 Å². The van der Waals surface area contributed by atoms with Crippen LogP contribution in [-0.2, 0) is 4.79 Å². The highest BCUT2D eigenvalue weighted by Crippen LogP contribution is 2.24. The summed E-state index contributed by atoms with van der Waals surface area (Å²) in [5.74, 6) is 1.32. The molecular formula is C19H27NO2. The number of benzene rings is 1. The van der Waals surface area contributed by atoms with Crippen molar-refractivity contribution in [1.82, 2.24) is 0 Å². The molecular weight excluding hydrogens is 274 g/mol. The molecule has 0 aliphatic heterocycles. The largest absolute Gasteiger partial charge is 0.494 e. The van der Waals surface area contributed by atoms with E-state index in [9.17, 15) is 4.79 Å². The summed E-state index contributed by atoms with van der Waals surface area (Å²) >= 11 is 0. The third-order valence-corrected chi connectivity index (χ3v) is 4.04. The minimum absolute atomic E-state index is 0.0590. The molecule has 1 N–H and O–H groups in total. The maximum absolute atomic E-state index is 12.0. The van der Waals surface area contributed by atoms with Crippen molar-refractivity contribution >= 4 is 11.6 Å². The Hall–Kier alpha value is -1.77. The van der Waals surface area contributed by atoms with Crippen LogP contribution < -0.4 is 10.1 Å². The first-order valence-electron chi connectivity index (χ1n) is 8.50. The van der Waals surface area contributed by atoms with Crippen LogP contribution in [-0.4, -0.2) is 12.5 Å². The predicted molar refractivity (Wildman–Crippen MR) is 91.2 cm³/mol. The molecule has 0 atom stereocenters. The molecule has 1 aromatic carbocycles. The van der Waals surface area contributed by atoms with Gasteiger partial charge in [-0.2, -0.15) is 0 Å². The number of hydrogen-bond acceptors (Lipinski definition) is 2. The summed E-state index contributed by atoms with van der Waals surface area (Å²) in [6, 6.07) is 7.59. The van der Waals surface area contributed by atoms with Crippen LogP contribution in [0.25, 0.3) is 0 Å². The van der Waals surface area contributed by atoms with Gasteiger partial charge < -0.3 is 10.1 Å².